The Morgan fingerprint density at radius 1 is 1.12 bits per heavy atom. The van der Waals surface area contributed by atoms with Crippen LogP contribution in [0.4, 0.5) is 22.0 Å². The first-order valence-electron chi connectivity index (χ1n) is 4.89. The predicted molar refractivity (Wildman–Crippen MR) is 46.0 cm³/mol. The second-order valence-electron chi connectivity index (χ2n) is 3.93. The van der Waals surface area contributed by atoms with E-state index in [9.17, 15) is 26.7 Å². The lowest BCUT2D eigenvalue weighted by molar-refractivity contribution is -0.274. The SMILES string of the molecule is CN(C(=O)C(F)(F)C(F)(F)F)C1CCCC1. The van der Waals surface area contributed by atoms with Crippen molar-refractivity contribution < 1.29 is 26.7 Å². The summed E-state index contributed by atoms with van der Waals surface area (Å²) in [6.45, 7) is 0. The molecule has 0 atom stereocenters. The van der Waals surface area contributed by atoms with Gasteiger partial charge < -0.3 is 4.90 Å². The van der Waals surface area contributed by atoms with Crippen molar-refractivity contribution >= 4 is 5.91 Å². The molecule has 1 rings (SSSR count). The lowest BCUT2D eigenvalue weighted by atomic mass is 10.2. The van der Waals surface area contributed by atoms with E-state index in [1.807, 2.05) is 0 Å². The van der Waals surface area contributed by atoms with Crippen LogP contribution in [0.1, 0.15) is 25.7 Å². The summed E-state index contributed by atoms with van der Waals surface area (Å²) in [5, 5.41) is 0. The number of hydrogen-bond acceptors (Lipinski definition) is 1. The van der Waals surface area contributed by atoms with Crippen LogP contribution in [0.3, 0.4) is 0 Å². The van der Waals surface area contributed by atoms with Crippen molar-refractivity contribution in [3.63, 3.8) is 0 Å². The largest absolute Gasteiger partial charge is 0.463 e. The summed E-state index contributed by atoms with van der Waals surface area (Å²) in [4.78, 5) is 11.6. The van der Waals surface area contributed by atoms with Crippen LogP contribution in [0.15, 0.2) is 0 Å². The minimum absolute atomic E-state index is 0.482. The first-order chi connectivity index (χ1) is 7.18. The Balaban J connectivity index is 2.76. The van der Waals surface area contributed by atoms with Crippen molar-refractivity contribution in [3.05, 3.63) is 0 Å². The van der Waals surface area contributed by atoms with Crippen LogP contribution in [0.25, 0.3) is 0 Å². The van der Waals surface area contributed by atoms with E-state index in [0.29, 0.717) is 17.7 Å². The predicted octanol–water partition coefficient (Wildman–Crippen LogP) is 2.59. The first kappa shape index (κ1) is 13.2. The Labute approximate surface area is 89.4 Å². The molecule has 0 aliphatic heterocycles. The molecule has 0 spiro atoms. The molecule has 1 aliphatic rings. The van der Waals surface area contributed by atoms with E-state index in [4.69, 9.17) is 0 Å². The van der Waals surface area contributed by atoms with Gasteiger partial charge in [-0.1, -0.05) is 12.8 Å². The van der Waals surface area contributed by atoms with Gasteiger partial charge >= 0.3 is 18.0 Å². The quantitative estimate of drug-likeness (QED) is 0.685. The molecule has 0 bridgehead atoms. The third-order valence-electron chi connectivity index (χ3n) is 2.82. The highest BCUT2D eigenvalue weighted by Crippen LogP contribution is 2.38. The van der Waals surface area contributed by atoms with E-state index in [2.05, 4.69) is 0 Å². The van der Waals surface area contributed by atoms with Gasteiger partial charge in [0.25, 0.3) is 0 Å². The number of hydrogen-bond donors (Lipinski definition) is 0. The molecule has 0 heterocycles. The van der Waals surface area contributed by atoms with Crippen LogP contribution in [-0.4, -0.2) is 36.0 Å². The van der Waals surface area contributed by atoms with Gasteiger partial charge in [-0.2, -0.15) is 22.0 Å². The average molecular weight is 245 g/mol. The van der Waals surface area contributed by atoms with Gasteiger partial charge in [-0.3, -0.25) is 4.79 Å². The summed E-state index contributed by atoms with van der Waals surface area (Å²) in [5.41, 5.74) is 0. The molecule has 1 aliphatic carbocycles. The van der Waals surface area contributed by atoms with Gasteiger partial charge in [-0.25, -0.2) is 0 Å². The lowest BCUT2D eigenvalue weighted by Gasteiger charge is -2.29. The summed E-state index contributed by atoms with van der Waals surface area (Å²) in [5.74, 6) is -7.45. The molecule has 0 aromatic heterocycles. The number of amides is 1. The zero-order valence-electron chi connectivity index (χ0n) is 8.65. The maximum absolute atomic E-state index is 12.7. The molecule has 0 aromatic carbocycles. The Kier molecular flexibility index (Phi) is 3.44. The number of carbonyl (C=O) groups is 1. The number of carbonyl (C=O) groups excluding carboxylic acids is 1. The Morgan fingerprint density at radius 3 is 1.94 bits per heavy atom. The van der Waals surface area contributed by atoms with Crippen LogP contribution in [-0.2, 0) is 4.79 Å². The monoisotopic (exact) mass is 245 g/mol. The van der Waals surface area contributed by atoms with Crippen molar-refractivity contribution in [1.29, 1.82) is 0 Å². The van der Waals surface area contributed by atoms with Gasteiger partial charge in [0.1, 0.15) is 0 Å². The standard InChI is InChI=1S/C9H12F5NO/c1-15(6-4-2-3-5-6)7(16)8(10,11)9(12,13)14/h6H,2-5H2,1H3. The van der Waals surface area contributed by atoms with E-state index in [1.165, 1.54) is 0 Å². The molecule has 0 saturated heterocycles. The minimum atomic E-state index is -5.82. The molecule has 1 fully saturated rings. The molecule has 2 nitrogen and oxygen atoms in total. The average Bonchev–Trinajstić information content (AvgIpc) is 2.66. The molecule has 0 radical (unpaired) electrons. The zero-order chi connectivity index (χ0) is 12.6. The van der Waals surface area contributed by atoms with Gasteiger partial charge in [0.2, 0.25) is 0 Å². The second kappa shape index (κ2) is 4.18. The molecule has 16 heavy (non-hydrogen) atoms. The van der Waals surface area contributed by atoms with Gasteiger partial charge in [-0.15, -0.1) is 0 Å². The molecular weight excluding hydrogens is 233 g/mol. The lowest BCUT2D eigenvalue weighted by Crippen LogP contribution is -2.53. The number of rotatable bonds is 2. The van der Waals surface area contributed by atoms with E-state index in [-0.39, 0.29) is 0 Å². The number of alkyl halides is 5. The smallest absolute Gasteiger partial charge is 0.337 e. The maximum Gasteiger partial charge on any atom is 0.463 e. The summed E-state index contributed by atoms with van der Waals surface area (Å²) >= 11 is 0. The summed E-state index contributed by atoms with van der Waals surface area (Å²) in [7, 11) is 0.998. The fourth-order valence-corrected chi connectivity index (χ4v) is 1.80. The molecule has 1 amide bonds. The van der Waals surface area contributed by atoms with Gasteiger partial charge in [0, 0.05) is 13.1 Å². The number of halogens is 5. The van der Waals surface area contributed by atoms with Crippen LogP contribution in [0, 0.1) is 0 Å². The highest BCUT2D eigenvalue weighted by atomic mass is 19.4. The van der Waals surface area contributed by atoms with Crippen LogP contribution in [0.2, 0.25) is 0 Å². The summed E-state index contributed by atoms with van der Waals surface area (Å²) in [6, 6.07) is -0.499. The second-order valence-corrected chi connectivity index (χ2v) is 3.93. The fraction of sp³-hybridized carbons (Fsp3) is 0.889. The Morgan fingerprint density at radius 2 is 1.56 bits per heavy atom. The highest BCUT2D eigenvalue weighted by molar-refractivity contribution is 5.84. The Bertz CT molecular complexity index is 270. The van der Waals surface area contributed by atoms with Gasteiger partial charge in [0.05, 0.1) is 0 Å². The molecule has 0 unspecified atom stereocenters. The minimum Gasteiger partial charge on any atom is -0.337 e. The highest BCUT2D eigenvalue weighted by Gasteiger charge is 2.64. The molecule has 0 N–H and O–H groups in total. The van der Waals surface area contributed by atoms with Crippen molar-refractivity contribution in [2.45, 2.75) is 43.8 Å². The van der Waals surface area contributed by atoms with Crippen molar-refractivity contribution in [2.75, 3.05) is 7.05 Å². The fourth-order valence-electron chi connectivity index (χ4n) is 1.80. The topological polar surface area (TPSA) is 20.3 Å². The Hall–Kier alpha value is -0.880. The van der Waals surface area contributed by atoms with Crippen LogP contribution < -0.4 is 0 Å². The number of nitrogens with zero attached hydrogens (tertiary/aromatic N) is 1. The molecule has 94 valence electrons. The van der Waals surface area contributed by atoms with E-state index >= 15 is 0 Å². The summed E-state index contributed by atoms with van der Waals surface area (Å²) < 4.78 is 61.2. The first-order valence-corrected chi connectivity index (χ1v) is 4.89. The van der Waals surface area contributed by atoms with Crippen LogP contribution in [0.5, 0.6) is 0 Å². The molecule has 7 heteroatoms. The van der Waals surface area contributed by atoms with Gasteiger partial charge in [-0.05, 0) is 12.8 Å². The van der Waals surface area contributed by atoms with E-state index in [1.54, 1.807) is 0 Å². The van der Waals surface area contributed by atoms with Crippen LogP contribution >= 0.6 is 0 Å². The zero-order valence-corrected chi connectivity index (χ0v) is 8.65. The normalized spacial score (nSPS) is 18.9. The van der Waals surface area contributed by atoms with Crippen molar-refractivity contribution in [2.24, 2.45) is 0 Å². The molecule has 0 aromatic rings. The van der Waals surface area contributed by atoms with Crippen molar-refractivity contribution in [1.82, 2.24) is 4.90 Å². The van der Waals surface area contributed by atoms with Gasteiger partial charge in [0.15, 0.2) is 0 Å². The van der Waals surface area contributed by atoms with Crippen molar-refractivity contribution in [3.8, 4) is 0 Å². The third kappa shape index (κ3) is 2.27. The maximum atomic E-state index is 12.7. The third-order valence-corrected chi connectivity index (χ3v) is 2.82. The molecule has 1 saturated carbocycles. The summed E-state index contributed by atoms with van der Waals surface area (Å²) in [6.07, 6.45) is -3.36. The van der Waals surface area contributed by atoms with E-state index < -0.39 is 24.0 Å². The van der Waals surface area contributed by atoms with E-state index in [0.717, 1.165) is 19.9 Å². The molecular formula is C9H12F5NO.